The number of benzene rings is 1. The van der Waals surface area contributed by atoms with Crippen molar-refractivity contribution < 1.29 is 32.6 Å². The van der Waals surface area contributed by atoms with Gasteiger partial charge >= 0.3 is 12.3 Å². The van der Waals surface area contributed by atoms with Gasteiger partial charge in [-0.05, 0) is 31.0 Å². The Morgan fingerprint density at radius 1 is 1.18 bits per heavy atom. The lowest BCUT2D eigenvalue weighted by Gasteiger charge is -2.21. The molecule has 0 aromatic heterocycles. The molecule has 1 N–H and O–H groups in total. The Balaban J connectivity index is 2.67. The van der Waals surface area contributed by atoms with Gasteiger partial charge in [-0.3, -0.25) is 9.59 Å². The van der Waals surface area contributed by atoms with Gasteiger partial charge < -0.3 is 9.84 Å². The van der Waals surface area contributed by atoms with Gasteiger partial charge in [0.15, 0.2) is 0 Å². The average Bonchev–Trinajstić information content (AvgIpc) is 2.39. The van der Waals surface area contributed by atoms with E-state index in [1.165, 1.54) is 19.1 Å². The summed E-state index contributed by atoms with van der Waals surface area (Å²) < 4.78 is 39.8. The summed E-state index contributed by atoms with van der Waals surface area (Å²) in [4.78, 5) is 23.1. The maximum Gasteiger partial charge on any atom is 0.573 e. The summed E-state index contributed by atoms with van der Waals surface area (Å²) in [5.41, 5.74) is -0.625. The van der Waals surface area contributed by atoms with Gasteiger partial charge in [0.1, 0.15) is 11.5 Å². The first-order valence-corrected chi connectivity index (χ1v) is 6.65. The van der Waals surface area contributed by atoms with Gasteiger partial charge in [0.25, 0.3) is 0 Å². The summed E-state index contributed by atoms with van der Waals surface area (Å²) in [6.07, 6.45) is -4.61. The Bertz CT molecular complexity index is 537. The number of halogens is 3. The second-order valence-corrected chi connectivity index (χ2v) is 5.30. The Morgan fingerprint density at radius 2 is 1.73 bits per heavy atom. The van der Waals surface area contributed by atoms with Crippen LogP contribution in [0.15, 0.2) is 24.3 Å². The van der Waals surface area contributed by atoms with Crippen LogP contribution in [0.25, 0.3) is 0 Å². The molecular formula is C15H17F3O4. The SMILES string of the molecule is CC[C@](C)(CC(=O)Cc1ccc(OC(F)(F)F)cc1)C(=O)O. The summed E-state index contributed by atoms with van der Waals surface area (Å²) in [6.45, 7) is 3.18. The smallest absolute Gasteiger partial charge is 0.481 e. The van der Waals surface area contributed by atoms with Crippen molar-refractivity contribution >= 4 is 11.8 Å². The minimum Gasteiger partial charge on any atom is -0.481 e. The summed E-state index contributed by atoms with van der Waals surface area (Å²) in [5.74, 6) is -1.69. The number of carboxylic acids is 1. The standard InChI is InChI=1S/C15H17F3O4/c1-3-14(2,13(20)21)9-11(19)8-10-4-6-12(7-5-10)22-15(16,17)18/h4-7H,3,8-9H2,1-2H3,(H,20,21)/t14-/m1/s1. The number of aliphatic carboxylic acids is 1. The lowest BCUT2D eigenvalue weighted by Crippen LogP contribution is -2.30. The highest BCUT2D eigenvalue weighted by Crippen LogP contribution is 2.27. The van der Waals surface area contributed by atoms with Crippen LogP contribution in [0.2, 0.25) is 0 Å². The van der Waals surface area contributed by atoms with Crippen molar-refractivity contribution in [2.45, 2.75) is 39.5 Å². The van der Waals surface area contributed by atoms with E-state index in [0.29, 0.717) is 12.0 Å². The Morgan fingerprint density at radius 3 is 2.14 bits per heavy atom. The fraction of sp³-hybridized carbons (Fsp3) is 0.467. The van der Waals surface area contributed by atoms with Crippen LogP contribution in [0.1, 0.15) is 32.3 Å². The number of hydrogen-bond acceptors (Lipinski definition) is 3. The van der Waals surface area contributed by atoms with E-state index >= 15 is 0 Å². The first-order valence-electron chi connectivity index (χ1n) is 6.65. The molecule has 122 valence electrons. The van der Waals surface area contributed by atoms with Crippen LogP contribution in [0.3, 0.4) is 0 Å². The quantitative estimate of drug-likeness (QED) is 0.834. The predicted octanol–water partition coefficient (Wildman–Crippen LogP) is 3.59. The van der Waals surface area contributed by atoms with Crippen LogP contribution in [0, 0.1) is 5.41 Å². The highest BCUT2D eigenvalue weighted by molar-refractivity contribution is 5.87. The molecule has 0 bridgehead atoms. The van der Waals surface area contributed by atoms with Gasteiger partial charge in [-0.1, -0.05) is 19.1 Å². The highest BCUT2D eigenvalue weighted by Gasteiger charge is 2.33. The van der Waals surface area contributed by atoms with Crippen molar-refractivity contribution in [1.29, 1.82) is 0 Å². The van der Waals surface area contributed by atoms with E-state index in [-0.39, 0.29) is 24.4 Å². The minimum atomic E-state index is -4.76. The first kappa shape index (κ1) is 18.0. The number of rotatable bonds is 7. The normalized spacial score (nSPS) is 14.2. The number of ether oxygens (including phenoxy) is 1. The number of carboxylic acid groups (broad SMARTS) is 1. The van der Waals surface area contributed by atoms with Crippen molar-refractivity contribution in [2.24, 2.45) is 5.41 Å². The molecule has 0 spiro atoms. The number of hydrogen-bond donors (Lipinski definition) is 1. The molecule has 0 aliphatic rings. The third-order valence-corrected chi connectivity index (χ3v) is 3.44. The number of carbonyl (C=O) groups excluding carboxylic acids is 1. The number of carbonyl (C=O) groups is 2. The molecule has 7 heteroatoms. The van der Waals surface area contributed by atoms with E-state index in [4.69, 9.17) is 5.11 Å². The van der Waals surface area contributed by atoms with E-state index in [2.05, 4.69) is 4.74 Å². The molecule has 1 aromatic rings. The lowest BCUT2D eigenvalue weighted by molar-refractivity contribution is -0.274. The summed E-state index contributed by atoms with van der Waals surface area (Å²) >= 11 is 0. The van der Waals surface area contributed by atoms with Crippen LogP contribution in [-0.4, -0.2) is 23.2 Å². The molecule has 0 aliphatic heterocycles. The van der Waals surface area contributed by atoms with Gasteiger partial charge in [0, 0.05) is 12.8 Å². The van der Waals surface area contributed by atoms with Crippen LogP contribution < -0.4 is 4.74 Å². The molecule has 0 fully saturated rings. The summed E-state index contributed by atoms with van der Waals surface area (Å²) in [6, 6.07) is 4.94. The lowest BCUT2D eigenvalue weighted by atomic mass is 9.81. The molecule has 0 heterocycles. The topological polar surface area (TPSA) is 63.6 Å². The number of alkyl halides is 3. The zero-order valence-electron chi connectivity index (χ0n) is 12.2. The monoisotopic (exact) mass is 318 g/mol. The predicted molar refractivity (Wildman–Crippen MR) is 72.5 cm³/mol. The van der Waals surface area contributed by atoms with E-state index in [0.717, 1.165) is 12.1 Å². The zero-order valence-corrected chi connectivity index (χ0v) is 12.2. The van der Waals surface area contributed by atoms with Gasteiger partial charge in [0.2, 0.25) is 0 Å². The molecule has 22 heavy (non-hydrogen) atoms. The fourth-order valence-electron chi connectivity index (χ4n) is 1.89. The zero-order chi connectivity index (χ0) is 17.0. The van der Waals surface area contributed by atoms with Crippen molar-refractivity contribution in [2.75, 3.05) is 0 Å². The Hall–Kier alpha value is -2.05. The largest absolute Gasteiger partial charge is 0.573 e. The molecule has 1 rings (SSSR count). The summed E-state index contributed by atoms with van der Waals surface area (Å²) in [5, 5.41) is 9.12. The molecule has 0 aliphatic carbocycles. The minimum absolute atomic E-state index is 0.0326. The molecule has 1 aromatic carbocycles. The maximum absolute atomic E-state index is 12.0. The molecule has 0 saturated heterocycles. The molecule has 0 amide bonds. The molecule has 1 atom stereocenters. The molecule has 4 nitrogen and oxygen atoms in total. The van der Waals surface area contributed by atoms with Crippen molar-refractivity contribution in [3.8, 4) is 5.75 Å². The number of ketones is 1. The molecular weight excluding hydrogens is 301 g/mol. The van der Waals surface area contributed by atoms with Crippen LogP contribution in [-0.2, 0) is 16.0 Å². The van der Waals surface area contributed by atoms with Crippen molar-refractivity contribution in [3.05, 3.63) is 29.8 Å². The van der Waals surface area contributed by atoms with Crippen LogP contribution in [0.5, 0.6) is 5.75 Å². The van der Waals surface area contributed by atoms with Crippen molar-refractivity contribution in [3.63, 3.8) is 0 Å². The average molecular weight is 318 g/mol. The van der Waals surface area contributed by atoms with E-state index < -0.39 is 17.7 Å². The van der Waals surface area contributed by atoms with Crippen LogP contribution in [0.4, 0.5) is 13.2 Å². The second kappa shape index (κ2) is 6.81. The molecule has 0 unspecified atom stereocenters. The van der Waals surface area contributed by atoms with Gasteiger partial charge in [-0.15, -0.1) is 13.2 Å². The fourth-order valence-corrected chi connectivity index (χ4v) is 1.89. The Kier molecular flexibility index (Phi) is 5.57. The van der Waals surface area contributed by atoms with Crippen molar-refractivity contribution in [1.82, 2.24) is 0 Å². The maximum atomic E-state index is 12.0. The third kappa shape index (κ3) is 5.38. The van der Waals surface area contributed by atoms with E-state index in [1.807, 2.05) is 0 Å². The third-order valence-electron chi connectivity index (χ3n) is 3.44. The van der Waals surface area contributed by atoms with Gasteiger partial charge in [-0.2, -0.15) is 0 Å². The highest BCUT2D eigenvalue weighted by atomic mass is 19.4. The Labute approximate surface area is 125 Å². The summed E-state index contributed by atoms with van der Waals surface area (Å²) in [7, 11) is 0. The molecule has 0 radical (unpaired) electrons. The van der Waals surface area contributed by atoms with Gasteiger partial charge in [0.05, 0.1) is 5.41 Å². The molecule has 0 saturated carbocycles. The number of Topliss-reactive ketones (excluding diaryl/α,β-unsaturated/α-hetero) is 1. The van der Waals surface area contributed by atoms with Crippen LogP contribution >= 0.6 is 0 Å². The van der Waals surface area contributed by atoms with E-state index in [9.17, 15) is 22.8 Å². The first-order chi connectivity index (χ1) is 10.1. The second-order valence-electron chi connectivity index (χ2n) is 5.30. The van der Waals surface area contributed by atoms with E-state index in [1.54, 1.807) is 6.92 Å². The van der Waals surface area contributed by atoms with Gasteiger partial charge in [-0.25, -0.2) is 0 Å².